The summed E-state index contributed by atoms with van der Waals surface area (Å²) in [7, 11) is 0. The molecule has 1 heterocycles. The van der Waals surface area contributed by atoms with Crippen molar-refractivity contribution >= 4 is 11.6 Å². The maximum atomic E-state index is 12.0. The standard InChI is InChI=1S/C17H26N2O3/c1-13(2)7-9-21-15-5-3-14(4-6-15)19-17(20)11-16-12-18-8-10-22-16/h3-6,13,16,18H,7-12H2,1-2H3,(H,19,20)/t16-/m1/s1. The van der Waals surface area contributed by atoms with Crippen LogP contribution in [-0.2, 0) is 9.53 Å². The fraction of sp³-hybridized carbons (Fsp3) is 0.588. The van der Waals surface area contributed by atoms with Gasteiger partial charge in [0.25, 0.3) is 0 Å². The molecule has 0 radical (unpaired) electrons. The van der Waals surface area contributed by atoms with Crippen LogP contribution < -0.4 is 15.4 Å². The molecular formula is C17H26N2O3. The van der Waals surface area contributed by atoms with Crippen LogP contribution in [0.5, 0.6) is 5.75 Å². The van der Waals surface area contributed by atoms with E-state index in [4.69, 9.17) is 9.47 Å². The molecule has 1 saturated heterocycles. The molecule has 1 aliphatic rings. The van der Waals surface area contributed by atoms with Crippen LogP contribution in [0, 0.1) is 5.92 Å². The molecule has 0 aromatic heterocycles. The SMILES string of the molecule is CC(C)CCOc1ccc(NC(=O)C[C@@H]2CNCCO2)cc1. The molecule has 0 aliphatic carbocycles. The summed E-state index contributed by atoms with van der Waals surface area (Å²) < 4.78 is 11.2. The number of carbonyl (C=O) groups excluding carboxylic acids is 1. The lowest BCUT2D eigenvalue weighted by Gasteiger charge is -2.23. The molecule has 0 bridgehead atoms. The Labute approximate surface area is 132 Å². The van der Waals surface area contributed by atoms with Gasteiger partial charge in [-0.05, 0) is 36.6 Å². The number of morpholine rings is 1. The van der Waals surface area contributed by atoms with Crippen molar-refractivity contribution in [2.24, 2.45) is 5.92 Å². The van der Waals surface area contributed by atoms with Gasteiger partial charge < -0.3 is 20.1 Å². The first kappa shape index (κ1) is 16.8. The summed E-state index contributed by atoms with van der Waals surface area (Å²) in [6.45, 7) is 7.32. The van der Waals surface area contributed by atoms with Crippen LogP contribution >= 0.6 is 0 Å². The van der Waals surface area contributed by atoms with Gasteiger partial charge in [0.2, 0.25) is 5.91 Å². The van der Waals surface area contributed by atoms with Crippen molar-refractivity contribution in [2.75, 3.05) is 31.6 Å². The maximum absolute atomic E-state index is 12.0. The number of nitrogens with one attached hydrogen (secondary N) is 2. The fourth-order valence-electron chi connectivity index (χ4n) is 2.22. The third kappa shape index (κ3) is 6.03. The van der Waals surface area contributed by atoms with E-state index in [9.17, 15) is 4.79 Å². The Morgan fingerprint density at radius 3 is 2.82 bits per heavy atom. The van der Waals surface area contributed by atoms with E-state index < -0.39 is 0 Å². The highest BCUT2D eigenvalue weighted by Crippen LogP contribution is 2.17. The normalized spacial score (nSPS) is 18.2. The molecule has 0 saturated carbocycles. The van der Waals surface area contributed by atoms with E-state index >= 15 is 0 Å². The molecular weight excluding hydrogens is 280 g/mol. The summed E-state index contributed by atoms with van der Waals surface area (Å²) in [5, 5.41) is 6.11. The summed E-state index contributed by atoms with van der Waals surface area (Å²) in [6.07, 6.45) is 1.38. The highest BCUT2D eigenvalue weighted by atomic mass is 16.5. The van der Waals surface area contributed by atoms with E-state index in [2.05, 4.69) is 24.5 Å². The summed E-state index contributed by atoms with van der Waals surface area (Å²) in [4.78, 5) is 12.0. The van der Waals surface area contributed by atoms with Gasteiger partial charge in [0.05, 0.1) is 25.7 Å². The second-order valence-corrected chi connectivity index (χ2v) is 6.00. The Bertz CT molecular complexity index is 453. The highest BCUT2D eigenvalue weighted by molar-refractivity contribution is 5.91. The van der Waals surface area contributed by atoms with Crippen LogP contribution in [0.25, 0.3) is 0 Å². The smallest absolute Gasteiger partial charge is 0.227 e. The number of anilines is 1. The zero-order valence-electron chi connectivity index (χ0n) is 13.4. The predicted octanol–water partition coefficient (Wildman–Crippen LogP) is 2.43. The number of carbonyl (C=O) groups is 1. The summed E-state index contributed by atoms with van der Waals surface area (Å²) in [6, 6.07) is 7.49. The van der Waals surface area contributed by atoms with Crippen LogP contribution in [0.2, 0.25) is 0 Å². The number of amides is 1. The van der Waals surface area contributed by atoms with Gasteiger partial charge in [-0.3, -0.25) is 4.79 Å². The van der Waals surface area contributed by atoms with Crippen LogP contribution in [0.3, 0.4) is 0 Å². The summed E-state index contributed by atoms with van der Waals surface area (Å²) in [5.41, 5.74) is 0.782. The number of benzene rings is 1. The van der Waals surface area contributed by atoms with Gasteiger partial charge in [0, 0.05) is 18.8 Å². The summed E-state index contributed by atoms with van der Waals surface area (Å²) >= 11 is 0. The van der Waals surface area contributed by atoms with Crippen LogP contribution in [0.4, 0.5) is 5.69 Å². The lowest BCUT2D eigenvalue weighted by atomic mass is 10.1. The molecule has 5 nitrogen and oxygen atoms in total. The monoisotopic (exact) mass is 306 g/mol. The zero-order chi connectivity index (χ0) is 15.8. The first-order valence-corrected chi connectivity index (χ1v) is 7.98. The molecule has 1 aromatic carbocycles. The molecule has 1 amide bonds. The Balaban J connectivity index is 1.74. The van der Waals surface area contributed by atoms with E-state index in [1.165, 1.54) is 0 Å². The van der Waals surface area contributed by atoms with Crippen molar-refractivity contribution in [1.29, 1.82) is 0 Å². The molecule has 1 aromatic rings. The quantitative estimate of drug-likeness (QED) is 0.812. The first-order valence-electron chi connectivity index (χ1n) is 7.98. The minimum atomic E-state index is -0.0348. The van der Waals surface area contributed by atoms with E-state index in [0.29, 0.717) is 18.9 Å². The average molecular weight is 306 g/mol. The molecule has 2 rings (SSSR count). The van der Waals surface area contributed by atoms with E-state index in [1.807, 2.05) is 24.3 Å². The summed E-state index contributed by atoms with van der Waals surface area (Å²) in [5.74, 6) is 1.44. The third-order valence-electron chi connectivity index (χ3n) is 3.52. The first-order chi connectivity index (χ1) is 10.6. The molecule has 2 N–H and O–H groups in total. The van der Waals surface area contributed by atoms with Gasteiger partial charge in [-0.1, -0.05) is 13.8 Å². The Hall–Kier alpha value is -1.59. The van der Waals surface area contributed by atoms with E-state index in [-0.39, 0.29) is 12.0 Å². The maximum Gasteiger partial charge on any atom is 0.227 e. The van der Waals surface area contributed by atoms with Gasteiger partial charge in [0.1, 0.15) is 5.75 Å². The second kappa shape index (κ2) is 8.76. The molecule has 0 unspecified atom stereocenters. The molecule has 22 heavy (non-hydrogen) atoms. The molecule has 1 atom stereocenters. The molecule has 1 fully saturated rings. The van der Waals surface area contributed by atoms with Crippen molar-refractivity contribution in [2.45, 2.75) is 32.8 Å². The van der Waals surface area contributed by atoms with Crippen molar-refractivity contribution in [3.05, 3.63) is 24.3 Å². The highest BCUT2D eigenvalue weighted by Gasteiger charge is 2.17. The minimum absolute atomic E-state index is 0.0258. The lowest BCUT2D eigenvalue weighted by Crippen LogP contribution is -2.40. The Morgan fingerprint density at radius 1 is 1.41 bits per heavy atom. The topological polar surface area (TPSA) is 59.6 Å². The average Bonchev–Trinajstić information content (AvgIpc) is 2.49. The van der Waals surface area contributed by atoms with Crippen LogP contribution in [0.15, 0.2) is 24.3 Å². The molecule has 1 aliphatic heterocycles. The minimum Gasteiger partial charge on any atom is -0.494 e. The van der Waals surface area contributed by atoms with Crippen LogP contribution in [0.1, 0.15) is 26.7 Å². The third-order valence-corrected chi connectivity index (χ3v) is 3.52. The lowest BCUT2D eigenvalue weighted by molar-refractivity contribution is -0.119. The number of hydrogen-bond acceptors (Lipinski definition) is 4. The second-order valence-electron chi connectivity index (χ2n) is 6.00. The number of hydrogen-bond donors (Lipinski definition) is 2. The Morgan fingerprint density at radius 2 is 2.18 bits per heavy atom. The van der Waals surface area contributed by atoms with Crippen molar-refractivity contribution < 1.29 is 14.3 Å². The predicted molar refractivity (Wildman–Crippen MR) is 87.2 cm³/mol. The van der Waals surface area contributed by atoms with E-state index in [0.717, 1.165) is 37.6 Å². The fourth-order valence-corrected chi connectivity index (χ4v) is 2.22. The van der Waals surface area contributed by atoms with Gasteiger partial charge >= 0.3 is 0 Å². The molecule has 5 heteroatoms. The van der Waals surface area contributed by atoms with Crippen molar-refractivity contribution in [1.82, 2.24) is 5.32 Å². The van der Waals surface area contributed by atoms with Gasteiger partial charge in [-0.15, -0.1) is 0 Å². The number of rotatable bonds is 7. The van der Waals surface area contributed by atoms with Gasteiger partial charge in [0.15, 0.2) is 0 Å². The Kier molecular flexibility index (Phi) is 6.68. The number of ether oxygens (including phenoxy) is 2. The van der Waals surface area contributed by atoms with Gasteiger partial charge in [-0.25, -0.2) is 0 Å². The molecule has 122 valence electrons. The van der Waals surface area contributed by atoms with Gasteiger partial charge in [-0.2, -0.15) is 0 Å². The van der Waals surface area contributed by atoms with Crippen molar-refractivity contribution in [3.8, 4) is 5.75 Å². The largest absolute Gasteiger partial charge is 0.494 e. The molecule has 0 spiro atoms. The van der Waals surface area contributed by atoms with Crippen molar-refractivity contribution in [3.63, 3.8) is 0 Å². The van der Waals surface area contributed by atoms with E-state index in [1.54, 1.807) is 0 Å². The zero-order valence-corrected chi connectivity index (χ0v) is 13.4. The van der Waals surface area contributed by atoms with Crippen LogP contribution in [-0.4, -0.2) is 38.3 Å².